The summed E-state index contributed by atoms with van der Waals surface area (Å²) in [5, 5.41) is 0. The highest BCUT2D eigenvalue weighted by atomic mass is 16.5. The molecule has 0 radical (unpaired) electrons. The lowest BCUT2D eigenvalue weighted by molar-refractivity contribution is -0.135. The van der Waals surface area contributed by atoms with Gasteiger partial charge in [-0.2, -0.15) is 0 Å². The van der Waals surface area contributed by atoms with Crippen molar-refractivity contribution in [2.45, 2.75) is 84.5 Å². The number of carbonyl (C=O) groups excluding carboxylic acids is 1. The maximum atomic E-state index is 10.5. The van der Waals surface area contributed by atoms with Crippen LogP contribution in [-0.2, 0) is 9.53 Å². The Morgan fingerprint density at radius 1 is 0.850 bits per heavy atom. The summed E-state index contributed by atoms with van der Waals surface area (Å²) in [6.45, 7) is 3.67. The number of hydrogen-bond donors (Lipinski definition) is 0. The van der Waals surface area contributed by atoms with Gasteiger partial charge >= 0.3 is 5.97 Å². The first-order valence-electron chi connectivity index (χ1n) is 8.26. The predicted octanol–water partition coefficient (Wildman–Crippen LogP) is 5.93. The van der Waals surface area contributed by atoms with E-state index >= 15 is 0 Å². The summed E-state index contributed by atoms with van der Waals surface area (Å²) in [7, 11) is 0. The second-order valence-electron chi connectivity index (χ2n) is 5.34. The molecular formula is C18H32O2. The van der Waals surface area contributed by atoms with E-state index in [1.54, 1.807) is 6.08 Å². The number of carbonyl (C=O) groups is 1. The Bertz CT molecular complexity index is 267. The molecule has 116 valence electrons. The Balaban J connectivity index is 3.14. The van der Waals surface area contributed by atoms with E-state index in [0.717, 1.165) is 6.42 Å². The third-order valence-corrected chi connectivity index (χ3v) is 3.28. The fraction of sp³-hybridized carbons (Fsp3) is 0.722. The first kappa shape index (κ1) is 18.9. The van der Waals surface area contributed by atoms with Crippen LogP contribution < -0.4 is 0 Å². The van der Waals surface area contributed by atoms with Gasteiger partial charge in [-0.15, -0.1) is 0 Å². The topological polar surface area (TPSA) is 26.3 Å². The zero-order chi connectivity index (χ0) is 14.9. The summed E-state index contributed by atoms with van der Waals surface area (Å²) >= 11 is 0. The minimum absolute atomic E-state index is 0.274. The summed E-state index contributed by atoms with van der Waals surface area (Å²) in [6, 6.07) is 0. The average Bonchev–Trinajstić information content (AvgIpc) is 2.43. The molecule has 0 rings (SSSR count). The molecule has 0 aliphatic heterocycles. The molecular weight excluding hydrogens is 248 g/mol. The molecule has 0 fully saturated rings. The van der Waals surface area contributed by atoms with Crippen LogP contribution in [0.15, 0.2) is 24.5 Å². The number of unbranched alkanes of at least 4 members (excludes halogenated alkanes) is 10. The van der Waals surface area contributed by atoms with Crippen LogP contribution in [0.4, 0.5) is 0 Å². The fourth-order valence-corrected chi connectivity index (χ4v) is 2.10. The van der Waals surface area contributed by atoms with Crippen molar-refractivity contribution in [1.29, 1.82) is 0 Å². The van der Waals surface area contributed by atoms with E-state index in [2.05, 4.69) is 17.7 Å². The van der Waals surface area contributed by atoms with Crippen molar-refractivity contribution in [3.8, 4) is 0 Å². The van der Waals surface area contributed by atoms with Crippen molar-refractivity contribution >= 4 is 5.97 Å². The SMILES string of the molecule is CCCCCCCCCCCC/C=C/C=C/OC(C)=O. The van der Waals surface area contributed by atoms with E-state index in [1.807, 2.05) is 6.08 Å². The normalized spacial score (nSPS) is 11.5. The summed E-state index contributed by atoms with van der Waals surface area (Å²) < 4.78 is 4.68. The lowest BCUT2D eigenvalue weighted by atomic mass is 10.1. The lowest BCUT2D eigenvalue weighted by Crippen LogP contribution is -1.88. The van der Waals surface area contributed by atoms with Crippen LogP contribution in [0.25, 0.3) is 0 Å². The van der Waals surface area contributed by atoms with Gasteiger partial charge in [-0.3, -0.25) is 4.79 Å². The molecule has 0 bridgehead atoms. The first-order valence-corrected chi connectivity index (χ1v) is 8.26. The van der Waals surface area contributed by atoms with Crippen LogP contribution in [-0.4, -0.2) is 5.97 Å². The fourth-order valence-electron chi connectivity index (χ4n) is 2.10. The Labute approximate surface area is 125 Å². The zero-order valence-electron chi connectivity index (χ0n) is 13.4. The maximum Gasteiger partial charge on any atom is 0.307 e. The Hall–Kier alpha value is -1.05. The van der Waals surface area contributed by atoms with Gasteiger partial charge in [-0.05, 0) is 18.9 Å². The number of allylic oxidation sites excluding steroid dienone is 3. The molecule has 0 aromatic rings. The summed E-state index contributed by atoms with van der Waals surface area (Å²) in [5.74, 6) is -0.274. The summed E-state index contributed by atoms with van der Waals surface area (Å²) in [4.78, 5) is 10.5. The monoisotopic (exact) mass is 280 g/mol. The highest BCUT2D eigenvalue weighted by Gasteiger charge is 1.91. The molecule has 0 aliphatic rings. The van der Waals surface area contributed by atoms with Crippen LogP contribution >= 0.6 is 0 Å². The van der Waals surface area contributed by atoms with Gasteiger partial charge in [0.2, 0.25) is 0 Å². The highest BCUT2D eigenvalue weighted by Crippen LogP contribution is 2.11. The van der Waals surface area contributed by atoms with E-state index in [-0.39, 0.29) is 5.97 Å². The van der Waals surface area contributed by atoms with Crippen molar-refractivity contribution in [2.75, 3.05) is 0 Å². The Kier molecular flexibility index (Phi) is 15.2. The van der Waals surface area contributed by atoms with Crippen molar-refractivity contribution in [3.05, 3.63) is 24.5 Å². The predicted molar refractivity (Wildman–Crippen MR) is 86.5 cm³/mol. The van der Waals surface area contributed by atoms with Gasteiger partial charge < -0.3 is 4.74 Å². The average molecular weight is 280 g/mol. The molecule has 0 amide bonds. The van der Waals surface area contributed by atoms with Crippen molar-refractivity contribution in [2.24, 2.45) is 0 Å². The van der Waals surface area contributed by atoms with Gasteiger partial charge in [-0.25, -0.2) is 0 Å². The van der Waals surface area contributed by atoms with Crippen LogP contribution in [0.1, 0.15) is 84.5 Å². The minimum Gasteiger partial charge on any atom is -0.435 e. The summed E-state index contributed by atoms with van der Waals surface area (Å²) in [5.41, 5.74) is 0. The van der Waals surface area contributed by atoms with E-state index in [0.29, 0.717) is 0 Å². The van der Waals surface area contributed by atoms with Gasteiger partial charge in [0.15, 0.2) is 0 Å². The van der Waals surface area contributed by atoms with Crippen molar-refractivity contribution in [1.82, 2.24) is 0 Å². The standard InChI is InChI=1S/C18H32O2/c1-3-4-5-6-7-8-9-10-11-12-13-14-15-16-17-20-18(2)19/h14-17H,3-13H2,1-2H3/b15-14+,17-16+. The van der Waals surface area contributed by atoms with Crippen molar-refractivity contribution < 1.29 is 9.53 Å². The van der Waals surface area contributed by atoms with Gasteiger partial charge in [-0.1, -0.05) is 76.9 Å². The molecule has 20 heavy (non-hydrogen) atoms. The number of ether oxygens (including phenoxy) is 1. The molecule has 0 atom stereocenters. The Morgan fingerprint density at radius 3 is 1.95 bits per heavy atom. The second-order valence-corrected chi connectivity index (χ2v) is 5.34. The van der Waals surface area contributed by atoms with Gasteiger partial charge in [0, 0.05) is 6.92 Å². The largest absolute Gasteiger partial charge is 0.435 e. The number of rotatable bonds is 13. The first-order chi connectivity index (χ1) is 9.77. The van der Waals surface area contributed by atoms with Crippen LogP contribution in [0, 0.1) is 0 Å². The van der Waals surface area contributed by atoms with E-state index < -0.39 is 0 Å². The highest BCUT2D eigenvalue weighted by molar-refractivity contribution is 5.66. The molecule has 0 saturated carbocycles. The second kappa shape index (κ2) is 16.0. The molecule has 2 nitrogen and oxygen atoms in total. The maximum absolute atomic E-state index is 10.5. The van der Waals surface area contributed by atoms with Crippen LogP contribution in [0.3, 0.4) is 0 Å². The third kappa shape index (κ3) is 16.9. The van der Waals surface area contributed by atoms with Gasteiger partial charge in [0.25, 0.3) is 0 Å². The summed E-state index contributed by atoms with van der Waals surface area (Å²) in [6.07, 6.45) is 22.1. The van der Waals surface area contributed by atoms with Gasteiger partial charge in [0.1, 0.15) is 0 Å². The smallest absolute Gasteiger partial charge is 0.307 e. The lowest BCUT2D eigenvalue weighted by Gasteiger charge is -2.01. The molecule has 0 heterocycles. The molecule has 0 N–H and O–H groups in total. The molecule has 2 heteroatoms. The molecule has 0 unspecified atom stereocenters. The number of esters is 1. The molecule has 0 spiro atoms. The Morgan fingerprint density at radius 2 is 1.40 bits per heavy atom. The molecule has 0 saturated heterocycles. The number of hydrogen-bond acceptors (Lipinski definition) is 2. The third-order valence-electron chi connectivity index (χ3n) is 3.28. The molecule has 0 aliphatic carbocycles. The van der Waals surface area contributed by atoms with E-state index in [4.69, 9.17) is 0 Å². The van der Waals surface area contributed by atoms with Gasteiger partial charge in [0.05, 0.1) is 6.26 Å². The zero-order valence-corrected chi connectivity index (χ0v) is 13.4. The van der Waals surface area contributed by atoms with E-state index in [1.165, 1.54) is 77.4 Å². The quantitative estimate of drug-likeness (QED) is 0.181. The molecule has 0 aromatic carbocycles. The van der Waals surface area contributed by atoms with Crippen LogP contribution in [0.2, 0.25) is 0 Å². The minimum atomic E-state index is -0.274. The van der Waals surface area contributed by atoms with Crippen molar-refractivity contribution in [3.63, 3.8) is 0 Å². The van der Waals surface area contributed by atoms with Crippen LogP contribution in [0.5, 0.6) is 0 Å². The molecule has 0 aromatic heterocycles. The van der Waals surface area contributed by atoms with E-state index in [9.17, 15) is 4.79 Å².